The Morgan fingerprint density at radius 1 is 0.344 bits per heavy atom. The van der Waals surface area contributed by atoms with Crippen molar-refractivity contribution in [1.82, 2.24) is 0 Å². The number of para-hydroxylation sites is 1. The SMILES string of the molecule is c1ccc(-c2ccc(N(c3cc(-c4ccccc4)cc(-c4cccc5ccccc45)c3)c3ccc4c5c(oc4c3)C3(c4ccccc4O5)c4ccccc4-c4ccccc43)cc2)cc1. The number of nitrogens with zero attached hydrogens (tertiary/aromatic N) is 1. The van der Waals surface area contributed by atoms with Crippen LogP contribution in [0.5, 0.6) is 11.5 Å². The van der Waals surface area contributed by atoms with Crippen LogP contribution < -0.4 is 9.64 Å². The van der Waals surface area contributed by atoms with E-state index in [-0.39, 0.29) is 0 Å². The molecule has 0 saturated heterocycles. The molecule has 64 heavy (non-hydrogen) atoms. The van der Waals surface area contributed by atoms with Gasteiger partial charge < -0.3 is 14.1 Å². The zero-order valence-corrected chi connectivity index (χ0v) is 34.8. The number of anilines is 3. The molecule has 0 amide bonds. The van der Waals surface area contributed by atoms with Gasteiger partial charge in [0.05, 0.1) is 5.39 Å². The maximum atomic E-state index is 7.32. The standard InChI is InChI=1S/C61H39NO2/c1-3-16-40(17-4-1)42-30-32-46(33-31-42)62(48-37-44(41-18-5-2-6-19-41)36-45(38-48)50-25-15-21-43-20-7-8-22-49(43)50)47-34-35-53-58(39-47)64-60-59(53)63-57-29-14-13-28-56(57)61(60)54-26-11-9-23-51(54)52-24-10-12-27-55(52)61/h1-39H. The summed E-state index contributed by atoms with van der Waals surface area (Å²) < 4.78 is 14.3. The smallest absolute Gasteiger partial charge is 0.178 e. The molecule has 2 heterocycles. The molecule has 0 bridgehead atoms. The number of rotatable bonds is 6. The molecule has 13 rings (SSSR count). The Bertz CT molecular complexity index is 3540. The molecule has 0 radical (unpaired) electrons. The van der Waals surface area contributed by atoms with E-state index < -0.39 is 5.41 Å². The van der Waals surface area contributed by atoms with Crippen LogP contribution in [0, 0.1) is 0 Å². The lowest BCUT2D eigenvalue weighted by molar-refractivity contribution is 0.389. The van der Waals surface area contributed by atoms with Crippen LogP contribution in [0.15, 0.2) is 241 Å². The number of benzene rings is 10. The van der Waals surface area contributed by atoms with Crippen LogP contribution in [0.1, 0.15) is 22.5 Å². The van der Waals surface area contributed by atoms with Crippen molar-refractivity contribution in [3.05, 3.63) is 259 Å². The molecule has 0 unspecified atom stereocenters. The van der Waals surface area contributed by atoms with Crippen molar-refractivity contribution in [2.24, 2.45) is 0 Å². The topological polar surface area (TPSA) is 25.6 Å². The minimum absolute atomic E-state index is 0.694. The highest BCUT2D eigenvalue weighted by molar-refractivity contribution is 6.00. The Kier molecular flexibility index (Phi) is 8.13. The maximum absolute atomic E-state index is 7.32. The van der Waals surface area contributed by atoms with Crippen molar-refractivity contribution in [2.75, 3.05) is 4.90 Å². The molecule has 1 aromatic heterocycles. The maximum Gasteiger partial charge on any atom is 0.178 e. The third kappa shape index (κ3) is 5.47. The molecule has 0 N–H and O–H groups in total. The van der Waals surface area contributed by atoms with Crippen LogP contribution in [0.25, 0.3) is 66.2 Å². The first kappa shape index (κ1) is 36.3. The quantitative estimate of drug-likeness (QED) is 0.167. The molecule has 1 spiro atoms. The lowest BCUT2D eigenvalue weighted by atomic mass is 9.69. The number of furan rings is 1. The fraction of sp³-hybridized carbons (Fsp3) is 0.0164. The van der Waals surface area contributed by atoms with Crippen LogP contribution in [0.2, 0.25) is 0 Å². The van der Waals surface area contributed by atoms with Crippen LogP contribution in [-0.2, 0) is 5.41 Å². The van der Waals surface area contributed by atoms with E-state index in [1.807, 2.05) is 0 Å². The van der Waals surface area contributed by atoms with Gasteiger partial charge in [0, 0.05) is 28.7 Å². The van der Waals surface area contributed by atoms with Gasteiger partial charge in [-0.05, 0) is 115 Å². The Morgan fingerprint density at radius 2 is 0.906 bits per heavy atom. The monoisotopic (exact) mass is 817 g/mol. The predicted molar refractivity (Wildman–Crippen MR) is 262 cm³/mol. The van der Waals surface area contributed by atoms with E-state index in [1.165, 1.54) is 44.2 Å². The van der Waals surface area contributed by atoms with Gasteiger partial charge in [-0.15, -0.1) is 0 Å². The van der Waals surface area contributed by atoms with Gasteiger partial charge in [-0.2, -0.15) is 0 Å². The Morgan fingerprint density at radius 3 is 1.66 bits per heavy atom. The normalized spacial score (nSPS) is 12.9. The minimum atomic E-state index is -0.694. The Labute approximate surface area is 371 Å². The number of fused-ring (bicyclic) bond motifs is 12. The van der Waals surface area contributed by atoms with Crippen molar-refractivity contribution in [1.29, 1.82) is 0 Å². The number of hydrogen-bond acceptors (Lipinski definition) is 3. The van der Waals surface area contributed by atoms with Gasteiger partial charge in [-0.25, -0.2) is 0 Å². The molecule has 10 aromatic carbocycles. The first-order chi connectivity index (χ1) is 31.7. The summed E-state index contributed by atoms with van der Waals surface area (Å²) in [6.45, 7) is 0. The van der Waals surface area contributed by atoms with E-state index in [1.54, 1.807) is 0 Å². The van der Waals surface area contributed by atoms with Gasteiger partial charge in [0.1, 0.15) is 16.7 Å². The van der Waals surface area contributed by atoms with Crippen molar-refractivity contribution in [2.45, 2.75) is 5.41 Å². The molecular formula is C61H39NO2. The van der Waals surface area contributed by atoms with Crippen molar-refractivity contribution < 1.29 is 9.15 Å². The summed E-state index contributed by atoms with van der Waals surface area (Å²) in [6.07, 6.45) is 0. The molecular weight excluding hydrogens is 779 g/mol. The lowest BCUT2D eigenvalue weighted by Crippen LogP contribution is -2.31. The van der Waals surface area contributed by atoms with E-state index in [0.29, 0.717) is 0 Å². The minimum Gasteiger partial charge on any atom is -0.455 e. The van der Waals surface area contributed by atoms with Gasteiger partial charge in [0.25, 0.3) is 0 Å². The Balaban J connectivity index is 1.05. The molecule has 2 aliphatic rings. The first-order valence-corrected chi connectivity index (χ1v) is 21.9. The second-order valence-electron chi connectivity index (χ2n) is 16.8. The summed E-state index contributed by atoms with van der Waals surface area (Å²) in [5.74, 6) is 2.40. The van der Waals surface area contributed by atoms with Crippen LogP contribution in [-0.4, -0.2) is 0 Å². The van der Waals surface area contributed by atoms with E-state index in [0.717, 1.165) is 73.1 Å². The lowest BCUT2D eigenvalue weighted by Gasteiger charge is -2.36. The molecule has 0 fully saturated rings. The summed E-state index contributed by atoms with van der Waals surface area (Å²) in [6, 6.07) is 84.9. The van der Waals surface area contributed by atoms with Gasteiger partial charge in [0.15, 0.2) is 11.5 Å². The molecule has 0 saturated carbocycles. The molecule has 3 nitrogen and oxygen atoms in total. The van der Waals surface area contributed by atoms with Gasteiger partial charge in [-0.3, -0.25) is 0 Å². The summed E-state index contributed by atoms with van der Waals surface area (Å²) >= 11 is 0. The van der Waals surface area contributed by atoms with Crippen LogP contribution in [0.4, 0.5) is 17.1 Å². The van der Waals surface area contributed by atoms with Crippen molar-refractivity contribution in [3.63, 3.8) is 0 Å². The van der Waals surface area contributed by atoms with Crippen molar-refractivity contribution in [3.8, 4) is 56.0 Å². The molecule has 11 aromatic rings. The first-order valence-electron chi connectivity index (χ1n) is 21.9. The molecule has 0 atom stereocenters. The van der Waals surface area contributed by atoms with Crippen LogP contribution >= 0.6 is 0 Å². The molecule has 1 aliphatic carbocycles. The number of hydrogen-bond donors (Lipinski definition) is 0. The fourth-order valence-corrected chi connectivity index (χ4v) is 10.5. The van der Waals surface area contributed by atoms with E-state index in [2.05, 4.69) is 241 Å². The molecule has 300 valence electrons. The average Bonchev–Trinajstić information content (AvgIpc) is 3.88. The summed E-state index contributed by atoms with van der Waals surface area (Å²) in [5.41, 5.74) is 16.0. The highest BCUT2D eigenvalue weighted by Crippen LogP contribution is 2.63. The number of ether oxygens (including phenoxy) is 1. The molecule has 1 aliphatic heterocycles. The predicted octanol–water partition coefficient (Wildman–Crippen LogP) is 16.5. The largest absolute Gasteiger partial charge is 0.455 e. The van der Waals surface area contributed by atoms with E-state index in [4.69, 9.17) is 9.15 Å². The summed E-state index contributed by atoms with van der Waals surface area (Å²) in [7, 11) is 0. The van der Waals surface area contributed by atoms with E-state index >= 15 is 0 Å². The molecule has 3 heteroatoms. The fourth-order valence-electron chi connectivity index (χ4n) is 10.5. The summed E-state index contributed by atoms with van der Waals surface area (Å²) in [4.78, 5) is 2.36. The zero-order chi connectivity index (χ0) is 42.2. The van der Waals surface area contributed by atoms with Gasteiger partial charge >= 0.3 is 0 Å². The van der Waals surface area contributed by atoms with Crippen molar-refractivity contribution >= 4 is 38.8 Å². The van der Waals surface area contributed by atoms with Gasteiger partial charge in [-0.1, -0.05) is 182 Å². The summed E-state index contributed by atoms with van der Waals surface area (Å²) in [5, 5.41) is 3.36. The van der Waals surface area contributed by atoms with Gasteiger partial charge in [0.2, 0.25) is 0 Å². The van der Waals surface area contributed by atoms with E-state index in [9.17, 15) is 0 Å². The highest BCUT2D eigenvalue weighted by atomic mass is 16.5. The second kappa shape index (κ2) is 14.3. The average molecular weight is 818 g/mol. The third-order valence-corrected chi connectivity index (χ3v) is 13.3. The zero-order valence-electron chi connectivity index (χ0n) is 34.8. The third-order valence-electron chi connectivity index (χ3n) is 13.3. The highest BCUT2D eigenvalue weighted by Gasteiger charge is 2.54. The Hall–Kier alpha value is -8.40. The second-order valence-corrected chi connectivity index (χ2v) is 16.8. The van der Waals surface area contributed by atoms with Crippen LogP contribution in [0.3, 0.4) is 0 Å².